The van der Waals surface area contributed by atoms with Crippen LogP contribution in [-0.4, -0.2) is 25.8 Å². The molecule has 0 aliphatic heterocycles. The molecule has 5 nitrogen and oxygen atoms in total. The van der Waals surface area contributed by atoms with Gasteiger partial charge in [0.15, 0.2) is 0 Å². The lowest BCUT2D eigenvalue weighted by Crippen LogP contribution is -2.34. The highest BCUT2D eigenvalue weighted by Gasteiger charge is 2.37. The summed E-state index contributed by atoms with van der Waals surface area (Å²) in [6.07, 6.45) is 4.08. The summed E-state index contributed by atoms with van der Waals surface area (Å²) in [6.45, 7) is 2.80. The van der Waals surface area contributed by atoms with E-state index in [1.807, 2.05) is 11.6 Å². The lowest BCUT2D eigenvalue weighted by atomic mass is 9.72. The molecule has 0 saturated heterocycles. The smallest absolute Gasteiger partial charge is 0.306 e. The number of aromatic nitrogens is 3. The quantitative estimate of drug-likeness (QED) is 0.801. The highest BCUT2D eigenvalue weighted by Crippen LogP contribution is 2.36. The van der Waals surface area contributed by atoms with E-state index in [4.69, 9.17) is 5.11 Å². The number of aryl methyl sites for hydroxylation is 1. The van der Waals surface area contributed by atoms with Crippen LogP contribution in [0.25, 0.3) is 0 Å². The van der Waals surface area contributed by atoms with Crippen LogP contribution < -0.4 is 0 Å². The first-order valence-electron chi connectivity index (χ1n) is 5.31. The summed E-state index contributed by atoms with van der Waals surface area (Å²) in [5, 5.41) is 13.0. The molecule has 1 saturated carbocycles. The average molecular weight is 209 g/mol. The summed E-state index contributed by atoms with van der Waals surface area (Å²) >= 11 is 0. The van der Waals surface area contributed by atoms with Crippen LogP contribution in [0.3, 0.4) is 0 Å². The van der Waals surface area contributed by atoms with Gasteiger partial charge in [-0.05, 0) is 25.7 Å². The fourth-order valence-corrected chi connectivity index (χ4v) is 2.08. The molecule has 0 radical (unpaired) electrons. The largest absolute Gasteiger partial charge is 0.481 e. The molecule has 5 heteroatoms. The third kappa shape index (κ3) is 1.86. The standard InChI is InChI=1S/C10H15N3O2/c1-2-13-9(11-6-12-13)5-7-3-4-8(7)10(14)15/h6-8H,2-5H2,1H3,(H,14,15). The number of carbonyl (C=O) groups is 1. The second-order valence-electron chi connectivity index (χ2n) is 3.98. The number of rotatable bonds is 4. The van der Waals surface area contributed by atoms with Gasteiger partial charge in [-0.2, -0.15) is 5.10 Å². The summed E-state index contributed by atoms with van der Waals surface area (Å²) in [5.74, 6) is 0.311. The molecule has 1 aliphatic carbocycles. The van der Waals surface area contributed by atoms with Crippen molar-refractivity contribution >= 4 is 5.97 Å². The Hall–Kier alpha value is -1.39. The summed E-state index contributed by atoms with van der Waals surface area (Å²) < 4.78 is 1.83. The monoisotopic (exact) mass is 209 g/mol. The van der Waals surface area contributed by atoms with Gasteiger partial charge >= 0.3 is 5.97 Å². The molecule has 1 aromatic heterocycles. The molecule has 0 bridgehead atoms. The van der Waals surface area contributed by atoms with E-state index < -0.39 is 5.97 Å². The minimum absolute atomic E-state index is 0.174. The zero-order valence-corrected chi connectivity index (χ0v) is 8.76. The van der Waals surface area contributed by atoms with Gasteiger partial charge in [0.1, 0.15) is 12.2 Å². The van der Waals surface area contributed by atoms with Gasteiger partial charge in [-0.25, -0.2) is 4.98 Å². The van der Waals surface area contributed by atoms with Crippen LogP contribution in [0.5, 0.6) is 0 Å². The van der Waals surface area contributed by atoms with E-state index in [1.165, 1.54) is 6.33 Å². The van der Waals surface area contributed by atoms with Crippen molar-refractivity contribution in [2.24, 2.45) is 11.8 Å². The molecule has 1 aliphatic rings. The second-order valence-corrected chi connectivity index (χ2v) is 3.98. The Balaban J connectivity index is 2.00. The molecule has 1 N–H and O–H groups in total. The van der Waals surface area contributed by atoms with Crippen LogP contribution >= 0.6 is 0 Å². The fourth-order valence-electron chi connectivity index (χ4n) is 2.08. The van der Waals surface area contributed by atoms with Gasteiger partial charge in [-0.3, -0.25) is 9.48 Å². The first kappa shape index (κ1) is 10.1. The molecule has 0 amide bonds. The molecule has 2 rings (SSSR count). The minimum Gasteiger partial charge on any atom is -0.481 e. The maximum Gasteiger partial charge on any atom is 0.306 e. The molecule has 82 valence electrons. The number of carboxylic acids is 1. The molecule has 15 heavy (non-hydrogen) atoms. The highest BCUT2D eigenvalue weighted by atomic mass is 16.4. The normalized spacial score (nSPS) is 24.9. The van der Waals surface area contributed by atoms with Crippen molar-refractivity contribution in [1.29, 1.82) is 0 Å². The van der Waals surface area contributed by atoms with E-state index in [9.17, 15) is 4.79 Å². The van der Waals surface area contributed by atoms with E-state index in [0.29, 0.717) is 0 Å². The number of hydrogen-bond donors (Lipinski definition) is 1. The topological polar surface area (TPSA) is 68.0 Å². The van der Waals surface area contributed by atoms with Gasteiger partial charge in [0.2, 0.25) is 0 Å². The summed E-state index contributed by atoms with van der Waals surface area (Å²) in [6, 6.07) is 0. The third-order valence-corrected chi connectivity index (χ3v) is 3.17. The molecule has 0 aromatic carbocycles. The zero-order chi connectivity index (χ0) is 10.8. The van der Waals surface area contributed by atoms with E-state index in [-0.39, 0.29) is 11.8 Å². The van der Waals surface area contributed by atoms with Crippen LogP contribution in [0, 0.1) is 11.8 Å². The minimum atomic E-state index is -0.672. The second kappa shape index (κ2) is 4.00. The van der Waals surface area contributed by atoms with E-state index in [0.717, 1.165) is 31.6 Å². The fraction of sp³-hybridized carbons (Fsp3) is 0.700. The van der Waals surface area contributed by atoms with E-state index in [2.05, 4.69) is 10.1 Å². The predicted molar refractivity (Wildman–Crippen MR) is 53.2 cm³/mol. The summed E-state index contributed by atoms with van der Waals surface area (Å²) in [5.41, 5.74) is 0. The first-order valence-corrected chi connectivity index (χ1v) is 5.31. The average Bonchev–Trinajstić information content (AvgIpc) is 2.58. The van der Waals surface area contributed by atoms with Gasteiger partial charge in [-0.15, -0.1) is 0 Å². The predicted octanol–water partition coefficient (Wildman–Crippen LogP) is 0.951. The van der Waals surface area contributed by atoms with Gasteiger partial charge in [0, 0.05) is 13.0 Å². The summed E-state index contributed by atoms with van der Waals surface area (Å²) in [7, 11) is 0. The Kier molecular flexibility index (Phi) is 2.70. The molecule has 0 spiro atoms. The van der Waals surface area contributed by atoms with Gasteiger partial charge < -0.3 is 5.11 Å². The highest BCUT2D eigenvalue weighted by molar-refractivity contribution is 5.71. The van der Waals surface area contributed by atoms with Crippen molar-refractivity contribution in [1.82, 2.24) is 14.8 Å². The van der Waals surface area contributed by atoms with Crippen molar-refractivity contribution in [3.63, 3.8) is 0 Å². The molecular weight excluding hydrogens is 194 g/mol. The Labute approximate surface area is 88.1 Å². The number of hydrogen-bond acceptors (Lipinski definition) is 3. The Bertz CT molecular complexity index is 361. The molecule has 1 heterocycles. The van der Waals surface area contributed by atoms with Crippen molar-refractivity contribution in [2.75, 3.05) is 0 Å². The first-order chi connectivity index (χ1) is 7.22. The van der Waals surface area contributed by atoms with Crippen LogP contribution in [0.2, 0.25) is 0 Å². The van der Waals surface area contributed by atoms with E-state index >= 15 is 0 Å². The van der Waals surface area contributed by atoms with Gasteiger partial charge in [0.05, 0.1) is 5.92 Å². The molecule has 1 fully saturated rings. The maximum absolute atomic E-state index is 10.8. The summed E-state index contributed by atoms with van der Waals surface area (Å²) in [4.78, 5) is 15.0. The van der Waals surface area contributed by atoms with Crippen molar-refractivity contribution in [3.8, 4) is 0 Å². The number of nitrogens with zero attached hydrogens (tertiary/aromatic N) is 3. The Morgan fingerprint density at radius 3 is 3.00 bits per heavy atom. The van der Waals surface area contributed by atoms with Crippen molar-refractivity contribution < 1.29 is 9.90 Å². The van der Waals surface area contributed by atoms with Crippen LogP contribution in [0.4, 0.5) is 0 Å². The molecular formula is C10H15N3O2. The molecule has 2 atom stereocenters. The van der Waals surface area contributed by atoms with E-state index in [1.54, 1.807) is 0 Å². The Morgan fingerprint density at radius 2 is 2.47 bits per heavy atom. The van der Waals surface area contributed by atoms with Gasteiger partial charge in [-0.1, -0.05) is 0 Å². The van der Waals surface area contributed by atoms with Gasteiger partial charge in [0.25, 0.3) is 0 Å². The zero-order valence-electron chi connectivity index (χ0n) is 8.76. The van der Waals surface area contributed by atoms with Crippen molar-refractivity contribution in [2.45, 2.75) is 32.7 Å². The number of carboxylic acid groups (broad SMARTS) is 1. The lowest BCUT2D eigenvalue weighted by molar-refractivity contribution is -0.147. The van der Waals surface area contributed by atoms with Crippen LogP contribution in [0.1, 0.15) is 25.6 Å². The molecule has 2 unspecified atom stereocenters. The molecule has 1 aromatic rings. The number of aliphatic carboxylic acids is 1. The van der Waals surface area contributed by atoms with Crippen molar-refractivity contribution in [3.05, 3.63) is 12.2 Å². The SMILES string of the molecule is CCn1ncnc1CC1CCC1C(=O)O. The lowest BCUT2D eigenvalue weighted by Gasteiger charge is -2.32. The van der Waals surface area contributed by atoms with Crippen LogP contribution in [0.15, 0.2) is 6.33 Å². The third-order valence-electron chi connectivity index (χ3n) is 3.17. The maximum atomic E-state index is 10.8. The van der Waals surface area contributed by atoms with Crippen LogP contribution in [-0.2, 0) is 17.8 Å². The Morgan fingerprint density at radius 1 is 1.67 bits per heavy atom.